The van der Waals surface area contributed by atoms with Crippen LogP contribution in [0.1, 0.15) is 19.4 Å². The van der Waals surface area contributed by atoms with E-state index < -0.39 is 0 Å². The Morgan fingerprint density at radius 2 is 1.93 bits per heavy atom. The zero-order chi connectivity index (χ0) is 10.4. The Balaban J connectivity index is 2.32. The van der Waals surface area contributed by atoms with Crippen molar-refractivity contribution in [3.05, 3.63) is 48.6 Å². The van der Waals surface area contributed by atoms with Gasteiger partial charge in [-0.05, 0) is 5.56 Å². The first-order valence-corrected chi connectivity index (χ1v) is 4.89. The molecule has 0 saturated carbocycles. The summed E-state index contributed by atoms with van der Waals surface area (Å²) in [6, 6.07) is 10.2. The molecule has 0 unspecified atom stereocenters. The van der Waals surface area contributed by atoms with E-state index in [4.69, 9.17) is 4.74 Å². The average Bonchev–Trinajstić information content (AvgIpc) is 2.19. The van der Waals surface area contributed by atoms with Crippen LogP contribution >= 0.6 is 0 Å². The molecule has 0 spiro atoms. The van der Waals surface area contributed by atoms with Crippen molar-refractivity contribution in [2.24, 2.45) is 5.41 Å². The lowest BCUT2D eigenvalue weighted by Crippen LogP contribution is -2.15. The van der Waals surface area contributed by atoms with Crippen LogP contribution in [0.4, 0.5) is 0 Å². The second kappa shape index (κ2) is 4.97. The maximum atomic E-state index is 5.60. The van der Waals surface area contributed by atoms with Gasteiger partial charge in [0.25, 0.3) is 0 Å². The predicted octanol–water partition coefficient (Wildman–Crippen LogP) is 3.42. The fourth-order valence-electron chi connectivity index (χ4n) is 1.07. The molecule has 0 aliphatic heterocycles. The predicted molar refractivity (Wildman–Crippen MR) is 60.1 cm³/mol. The van der Waals surface area contributed by atoms with E-state index in [2.05, 4.69) is 32.6 Å². The summed E-state index contributed by atoms with van der Waals surface area (Å²) in [5.74, 6) is 0. The van der Waals surface area contributed by atoms with Gasteiger partial charge in [0.05, 0.1) is 13.2 Å². The van der Waals surface area contributed by atoms with Crippen molar-refractivity contribution in [2.75, 3.05) is 6.61 Å². The van der Waals surface area contributed by atoms with Crippen LogP contribution in [0.2, 0.25) is 0 Å². The topological polar surface area (TPSA) is 9.23 Å². The van der Waals surface area contributed by atoms with E-state index in [0.717, 1.165) is 0 Å². The van der Waals surface area contributed by atoms with Crippen LogP contribution in [0.15, 0.2) is 43.0 Å². The summed E-state index contributed by atoms with van der Waals surface area (Å²) in [5, 5.41) is 0. The molecule has 1 heteroatoms. The van der Waals surface area contributed by atoms with E-state index in [1.54, 1.807) is 0 Å². The minimum absolute atomic E-state index is 0.0643. The van der Waals surface area contributed by atoms with Crippen LogP contribution in [-0.4, -0.2) is 6.61 Å². The maximum Gasteiger partial charge on any atom is 0.0717 e. The van der Waals surface area contributed by atoms with E-state index in [9.17, 15) is 0 Å². The molecular formula is C13H18O. The van der Waals surface area contributed by atoms with Gasteiger partial charge in [-0.3, -0.25) is 0 Å². The molecule has 1 nitrogen and oxygen atoms in total. The van der Waals surface area contributed by atoms with E-state index in [1.165, 1.54) is 5.56 Å². The minimum Gasteiger partial charge on any atom is -0.376 e. The lowest BCUT2D eigenvalue weighted by Gasteiger charge is -2.19. The Morgan fingerprint density at radius 1 is 1.29 bits per heavy atom. The van der Waals surface area contributed by atoms with Gasteiger partial charge in [0.15, 0.2) is 0 Å². The van der Waals surface area contributed by atoms with Gasteiger partial charge in [0.2, 0.25) is 0 Å². The Morgan fingerprint density at radius 3 is 2.50 bits per heavy atom. The molecule has 0 saturated heterocycles. The summed E-state index contributed by atoms with van der Waals surface area (Å²) in [6.45, 7) is 9.40. The first-order valence-electron chi connectivity index (χ1n) is 4.89. The molecule has 0 bridgehead atoms. The molecule has 0 radical (unpaired) electrons. The molecule has 0 heterocycles. The Labute approximate surface area is 86.4 Å². The van der Waals surface area contributed by atoms with Crippen LogP contribution in [-0.2, 0) is 11.3 Å². The largest absolute Gasteiger partial charge is 0.376 e. The molecular weight excluding hydrogens is 172 g/mol. The van der Waals surface area contributed by atoms with E-state index in [0.29, 0.717) is 13.2 Å². The fraction of sp³-hybridized carbons (Fsp3) is 0.385. The lowest BCUT2D eigenvalue weighted by molar-refractivity contribution is 0.0718. The second-order valence-electron chi connectivity index (χ2n) is 4.17. The SMILES string of the molecule is C=CC(C)(C)COCc1ccccc1. The quantitative estimate of drug-likeness (QED) is 0.646. The van der Waals surface area contributed by atoms with Gasteiger partial charge in [-0.25, -0.2) is 0 Å². The number of rotatable bonds is 5. The Hall–Kier alpha value is -1.08. The summed E-state index contributed by atoms with van der Waals surface area (Å²) in [6.07, 6.45) is 1.93. The van der Waals surface area contributed by atoms with E-state index in [-0.39, 0.29) is 5.41 Å². The molecule has 0 aliphatic rings. The maximum absolute atomic E-state index is 5.60. The summed E-state index contributed by atoms with van der Waals surface area (Å²) < 4.78 is 5.60. The number of hydrogen-bond acceptors (Lipinski definition) is 1. The van der Waals surface area contributed by atoms with Crippen LogP contribution in [0, 0.1) is 5.41 Å². The van der Waals surface area contributed by atoms with Gasteiger partial charge >= 0.3 is 0 Å². The van der Waals surface area contributed by atoms with Gasteiger partial charge in [-0.1, -0.05) is 50.3 Å². The molecule has 0 aromatic heterocycles. The average molecular weight is 190 g/mol. The van der Waals surface area contributed by atoms with Crippen LogP contribution in [0.5, 0.6) is 0 Å². The van der Waals surface area contributed by atoms with Crippen molar-refractivity contribution in [1.82, 2.24) is 0 Å². The van der Waals surface area contributed by atoms with Crippen molar-refractivity contribution in [3.8, 4) is 0 Å². The molecule has 0 atom stereocenters. The molecule has 0 N–H and O–H groups in total. The van der Waals surface area contributed by atoms with Crippen molar-refractivity contribution in [3.63, 3.8) is 0 Å². The van der Waals surface area contributed by atoms with Crippen molar-refractivity contribution < 1.29 is 4.74 Å². The summed E-state index contributed by atoms with van der Waals surface area (Å²) >= 11 is 0. The third-order valence-electron chi connectivity index (χ3n) is 2.14. The van der Waals surface area contributed by atoms with Crippen molar-refractivity contribution in [1.29, 1.82) is 0 Å². The molecule has 0 aliphatic carbocycles. The fourth-order valence-corrected chi connectivity index (χ4v) is 1.07. The lowest BCUT2D eigenvalue weighted by atomic mass is 9.95. The smallest absolute Gasteiger partial charge is 0.0717 e. The van der Waals surface area contributed by atoms with Gasteiger partial charge in [0.1, 0.15) is 0 Å². The van der Waals surface area contributed by atoms with Crippen LogP contribution in [0.3, 0.4) is 0 Å². The summed E-state index contributed by atoms with van der Waals surface area (Å²) in [7, 11) is 0. The number of hydrogen-bond donors (Lipinski definition) is 0. The second-order valence-corrected chi connectivity index (χ2v) is 4.17. The van der Waals surface area contributed by atoms with Gasteiger partial charge in [-0.2, -0.15) is 0 Å². The molecule has 1 rings (SSSR count). The highest BCUT2D eigenvalue weighted by molar-refractivity contribution is 5.13. The van der Waals surface area contributed by atoms with Gasteiger partial charge in [-0.15, -0.1) is 6.58 Å². The molecule has 0 amide bonds. The third-order valence-corrected chi connectivity index (χ3v) is 2.14. The zero-order valence-electron chi connectivity index (χ0n) is 8.99. The zero-order valence-corrected chi connectivity index (χ0v) is 8.99. The van der Waals surface area contributed by atoms with Gasteiger partial charge in [0, 0.05) is 5.41 Å². The number of ether oxygens (including phenoxy) is 1. The standard InChI is InChI=1S/C13H18O/c1-4-13(2,3)11-14-10-12-8-6-5-7-9-12/h4-9H,1,10-11H2,2-3H3. The van der Waals surface area contributed by atoms with E-state index >= 15 is 0 Å². The first-order chi connectivity index (χ1) is 6.64. The highest BCUT2D eigenvalue weighted by Gasteiger charge is 2.12. The van der Waals surface area contributed by atoms with Gasteiger partial charge < -0.3 is 4.74 Å². The molecule has 1 aromatic rings. The molecule has 1 aromatic carbocycles. The van der Waals surface area contributed by atoms with Crippen LogP contribution < -0.4 is 0 Å². The molecule has 76 valence electrons. The normalized spacial score (nSPS) is 11.3. The summed E-state index contributed by atoms with van der Waals surface area (Å²) in [4.78, 5) is 0. The Bertz CT molecular complexity index is 275. The molecule has 14 heavy (non-hydrogen) atoms. The van der Waals surface area contributed by atoms with Crippen molar-refractivity contribution >= 4 is 0 Å². The first kappa shape index (κ1) is 11.0. The highest BCUT2D eigenvalue weighted by Crippen LogP contribution is 2.16. The van der Waals surface area contributed by atoms with Crippen molar-refractivity contribution in [2.45, 2.75) is 20.5 Å². The monoisotopic (exact) mass is 190 g/mol. The van der Waals surface area contributed by atoms with Crippen LogP contribution in [0.25, 0.3) is 0 Å². The molecule has 0 fully saturated rings. The number of benzene rings is 1. The Kier molecular flexibility index (Phi) is 3.90. The van der Waals surface area contributed by atoms with E-state index in [1.807, 2.05) is 24.3 Å². The highest BCUT2D eigenvalue weighted by atomic mass is 16.5. The third kappa shape index (κ3) is 3.75. The summed E-state index contributed by atoms with van der Waals surface area (Å²) in [5.41, 5.74) is 1.28. The minimum atomic E-state index is 0.0643.